The summed E-state index contributed by atoms with van der Waals surface area (Å²) in [7, 11) is 0. The number of ether oxygens (including phenoxy) is 4. The minimum absolute atomic E-state index is 0.0406. The monoisotopic (exact) mass is 782 g/mol. The fourth-order valence-electron chi connectivity index (χ4n) is 6.29. The van der Waals surface area contributed by atoms with E-state index in [9.17, 15) is 19.2 Å². The molecule has 2 aromatic carbocycles. The molecule has 2 aromatic rings. The van der Waals surface area contributed by atoms with Crippen LogP contribution in [0, 0.1) is 22.7 Å². The van der Waals surface area contributed by atoms with E-state index >= 15 is 0 Å². The van der Waals surface area contributed by atoms with Gasteiger partial charge >= 0.3 is 23.9 Å². The molecule has 48 heavy (non-hydrogen) atoms. The van der Waals surface area contributed by atoms with Crippen LogP contribution in [-0.2, 0) is 19.1 Å². The first-order valence-electron chi connectivity index (χ1n) is 15.6. The van der Waals surface area contributed by atoms with Crippen LogP contribution in [-0.4, -0.2) is 37.1 Å². The summed E-state index contributed by atoms with van der Waals surface area (Å²) in [5.41, 5.74) is -1.60. The van der Waals surface area contributed by atoms with E-state index < -0.39 is 46.5 Å². The van der Waals surface area contributed by atoms with E-state index in [4.69, 9.17) is 88.6 Å². The Balaban J connectivity index is 1.54. The van der Waals surface area contributed by atoms with Gasteiger partial charge in [-0.1, -0.05) is 123 Å². The highest BCUT2D eigenvalue weighted by Gasteiger charge is 2.37. The summed E-state index contributed by atoms with van der Waals surface area (Å²) in [5.74, 6) is -5.67. The van der Waals surface area contributed by atoms with Crippen LogP contribution in [0.1, 0.15) is 99.8 Å². The van der Waals surface area contributed by atoms with Crippen molar-refractivity contribution >= 4 is 93.5 Å². The van der Waals surface area contributed by atoms with E-state index in [2.05, 4.69) is 0 Å². The molecule has 262 valence electrons. The molecule has 8 nitrogen and oxygen atoms in total. The normalized spacial score (nSPS) is 15.8. The molecule has 0 unspecified atom stereocenters. The number of hydrogen-bond acceptors (Lipinski definition) is 8. The van der Waals surface area contributed by atoms with E-state index in [0.29, 0.717) is 11.8 Å². The third kappa shape index (κ3) is 8.85. The quantitative estimate of drug-likeness (QED) is 0.101. The zero-order valence-electron chi connectivity index (χ0n) is 26.9. The second-order valence-electron chi connectivity index (χ2n) is 13.6. The fourth-order valence-corrected chi connectivity index (χ4v) is 7.73. The minimum atomic E-state index is -1.64. The Hall–Kier alpha value is -1.94. The summed E-state index contributed by atoms with van der Waals surface area (Å²) in [5, 5.41) is -1.47. The van der Waals surface area contributed by atoms with Gasteiger partial charge in [-0.15, -0.1) is 0 Å². The number of rotatable bonds is 10. The molecule has 0 amide bonds. The third-order valence-corrected chi connectivity index (χ3v) is 11.4. The van der Waals surface area contributed by atoms with Gasteiger partial charge in [-0.25, -0.2) is 19.2 Å². The summed E-state index contributed by atoms with van der Waals surface area (Å²) in [6.45, 7) is 8.06. The number of hydrogen-bond donors (Lipinski definition) is 0. The van der Waals surface area contributed by atoms with Gasteiger partial charge in [-0.2, -0.15) is 0 Å². The Morgan fingerprint density at radius 3 is 1.21 bits per heavy atom. The van der Waals surface area contributed by atoms with Crippen LogP contribution in [0.5, 0.6) is 11.5 Å². The molecule has 0 spiro atoms. The van der Waals surface area contributed by atoms with E-state index in [0.717, 1.165) is 63.5 Å². The summed E-state index contributed by atoms with van der Waals surface area (Å²) in [6.07, 6.45) is 8.46. The summed E-state index contributed by atoms with van der Waals surface area (Å²) in [4.78, 5) is 52.8. The second-order valence-corrected chi connectivity index (χ2v) is 16.0. The van der Waals surface area contributed by atoms with E-state index in [1.165, 1.54) is 0 Å². The van der Waals surface area contributed by atoms with Crippen molar-refractivity contribution in [3.8, 4) is 11.5 Å². The zero-order valence-corrected chi connectivity index (χ0v) is 31.4. The first-order valence-corrected chi connectivity index (χ1v) is 17.8. The van der Waals surface area contributed by atoms with Gasteiger partial charge in [0.2, 0.25) is 0 Å². The number of esters is 4. The van der Waals surface area contributed by atoms with Crippen molar-refractivity contribution in [2.75, 3.05) is 13.2 Å². The molecule has 2 fully saturated rings. The molecule has 0 N–H and O–H groups in total. The molecule has 0 saturated heterocycles. The highest BCUT2D eigenvalue weighted by Crippen LogP contribution is 2.44. The molecule has 0 radical (unpaired) electrons. The standard InChI is InChI=1S/C34H36Cl6O8/c1-33(2,17-9-5-6-10-17)15-45-29(41)23-25(39)19(35)13-21(37)27(23)47-31(43)32(44)48-28-22(38)14-20(36)26(40)24(28)30(42)46-16-34(3,4)18-11-7-8-12-18/h13-14,17-18H,5-12,15-16H2,1-4H3. The van der Waals surface area contributed by atoms with Crippen LogP contribution in [0.4, 0.5) is 0 Å². The van der Waals surface area contributed by atoms with Gasteiger partial charge in [0.1, 0.15) is 11.1 Å². The fraction of sp³-hybridized carbons (Fsp3) is 0.529. The van der Waals surface area contributed by atoms with Crippen molar-refractivity contribution < 1.29 is 38.1 Å². The number of halogens is 6. The van der Waals surface area contributed by atoms with Crippen molar-refractivity contribution in [1.29, 1.82) is 0 Å². The molecule has 14 heteroatoms. The Kier molecular flexibility index (Phi) is 12.9. The summed E-state index contributed by atoms with van der Waals surface area (Å²) >= 11 is 37.7. The summed E-state index contributed by atoms with van der Waals surface area (Å²) in [6, 6.07) is 2.27. The van der Waals surface area contributed by atoms with Gasteiger partial charge in [-0.05, 0) is 49.7 Å². The molecule has 0 bridgehead atoms. The van der Waals surface area contributed by atoms with Crippen molar-refractivity contribution in [1.82, 2.24) is 0 Å². The topological polar surface area (TPSA) is 105 Å². The van der Waals surface area contributed by atoms with Gasteiger partial charge < -0.3 is 18.9 Å². The van der Waals surface area contributed by atoms with Crippen molar-refractivity contribution in [3.63, 3.8) is 0 Å². The second kappa shape index (κ2) is 15.9. The predicted molar refractivity (Wildman–Crippen MR) is 186 cm³/mol. The van der Waals surface area contributed by atoms with Crippen molar-refractivity contribution in [2.45, 2.75) is 79.1 Å². The maximum absolute atomic E-state index is 13.3. The van der Waals surface area contributed by atoms with E-state index in [1.807, 2.05) is 27.7 Å². The predicted octanol–water partition coefficient (Wildman–Crippen LogP) is 10.9. The van der Waals surface area contributed by atoms with E-state index in [1.54, 1.807) is 0 Å². The molecule has 0 atom stereocenters. The van der Waals surface area contributed by atoms with Crippen molar-refractivity contribution in [2.24, 2.45) is 22.7 Å². The molecule has 0 aromatic heterocycles. The maximum atomic E-state index is 13.3. The number of carbonyl (C=O) groups is 4. The molecular formula is C34H36Cl6O8. The number of carbonyl (C=O) groups excluding carboxylic acids is 4. The van der Waals surface area contributed by atoms with Crippen LogP contribution < -0.4 is 9.47 Å². The highest BCUT2D eigenvalue weighted by atomic mass is 35.5. The van der Waals surface area contributed by atoms with Crippen LogP contribution >= 0.6 is 69.6 Å². The Bertz CT molecular complexity index is 1480. The first-order chi connectivity index (χ1) is 22.4. The lowest BCUT2D eigenvalue weighted by Crippen LogP contribution is -2.30. The smallest absolute Gasteiger partial charge is 0.423 e. The third-order valence-electron chi connectivity index (χ3n) is 9.29. The lowest BCUT2D eigenvalue weighted by molar-refractivity contribution is -0.156. The lowest BCUT2D eigenvalue weighted by atomic mass is 9.78. The molecule has 2 aliphatic carbocycles. The minimum Gasteiger partial charge on any atom is -0.461 e. The van der Waals surface area contributed by atoms with Gasteiger partial charge in [0.25, 0.3) is 0 Å². The molecule has 2 saturated carbocycles. The first kappa shape index (κ1) is 38.9. The zero-order chi connectivity index (χ0) is 35.6. The van der Waals surface area contributed by atoms with Crippen molar-refractivity contribution in [3.05, 3.63) is 53.4 Å². The Morgan fingerprint density at radius 2 is 0.896 bits per heavy atom. The molecule has 0 aliphatic heterocycles. The SMILES string of the molecule is CC(C)(COC(=O)c1c(Cl)c(Cl)cc(Cl)c1OC(=O)C(=O)Oc1c(Cl)cc(Cl)c(Cl)c1C(=O)OCC(C)(C)C1CCCC1)C1CCCC1. The molecular weight excluding hydrogens is 749 g/mol. The van der Waals surface area contributed by atoms with Crippen LogP contribution in [0.3, 0.4) is 0 Å². The van der Waals surface area contributed by atoms with E-state index in [-0.39, 0.29) is 54.2 Å². The molecule has 4 rings (SSSR count). The van der Waals surface area contributed by atoms with Gasteiger partial charge in [0, 0.05) is 10.8 Å². The van der Waals surface area contributed by atoms with Gasteiger partial charge in [0.15, 0.2) is 11.5 Å². The maximum Gasteiger partial charge on any atom is 0.423 e. The van der Waals surface area contributed by atoms with Crippen LogP contribution in [0.25, 0.3) is 0 Å². The Labute approximate surface area is 309 Å². The average Bonchev–Trinajstić information content (AvgIpc) is 3.77. The Morgan fingerprint density at radius 1 is 0.583 bits per heavy atom. The summed E-state index contributed by atoms with van der Waals surface area (Å²) < 4.78 is 21.7. The van der Waals surface area contributed by atoms with Gasteiger partial charge in [0.05, 0.1) is 43.3 Å². The van der Waals surface area contributed by atoms with Crippen LogP contribution in [0.15, 0.2) is 12.1 Å². The molecule has 0 heterocycles. The molecule has 2 aliphatic rings. The number of benzene rings is 2. The average molecular weight is 785 g/mol. The highest BCUT2D eigenvalue weighted by molar-refractivity contribution is 6.47. The van der Waals surface area contributed by atoms with Crippen LogP contribution in [0.2, 0.25) is 30.1 Å². The largest absolute Gasteiger partial charge is 0.461 e. The van der Waals surface area contributed by atoms with Gasteiger partial charge in [-0.3, -0.25) is 0 Å². The lowest BCUT2D eigenvalue weighted by Gasteiger charge is -2.31.